The summed E-state index contributed by atoms with van der Waals surface area (Å²) in [6, 6.07) is 13.1. The number of nitrogens with zero attached hydrogens (tertiary/aromatic N) is 6. The summed E-state index contributed by atoms with van der Waals surface area (Å²) in [5.74, 6) is -0.198. The number of benzene rings is 2. The third kappa shape index (κ3) is 6.23. The first-order valence-corrected chi connectivity index (χ1v) is 14.9. The van der Waals surface area contributed by atoms with Gasteiger partial charge in [0.05, 0.1) is 53.8 Å². The first kappa shape index (κ1) is 28.5. The van der Waals surface area contributed by atoms with Crippen LogP contribution >= 0.6 is 0 Å². The highest BCUT2D eigenvalue weighted by molar-refractivity contribution is 5.92. The molecule has 9 nitrogen and oxygen atoms in total. The highest BCUT2D eigenvalue weighted by Gasteiger charge is 2.29. The van der Waals surface area contributed by atoms with E-state index in [4.69, 9.17) is 19.5 Å². The molecular formula is C33H40N6O3. The number of hydroxylamine groups is 2. The lowest BCUT2D eigenvalue weighted by molar-refractivity contribution is -0.205. The molecule has 2 fully saturated rings. The van der Waals surface area contributed by atoms with Gasteiger partial charge in [-0.3, -0.25) is 14.6 Å². The highest BCUT2D eigenvalue weighted by Crippen LogP contribution is 2.31. The van der Waals surface area contributed by atoms with Crippen molar-refractivity contribution >= 4 is 17.0 Å². The zero-order chi connectivity index (χ0) is 29.3. The fraction of sp³-hybridized carbons (Fsp3) is 0.455. The summed E-state index contributed by atoms with van der Waals surface area (Å²) in [6.45, 7) is 13.7. The Morgan fingerprint density at radius 2 is 1.81 bits per heavy atom. The van der Waals surface area contributed by atoms with Crippen LogP contribution in [0.4, 0.5) is 0 Å². The molecule has 0 N–H and O–H groups in total. The van der Waals surface area contributed by atoms with Crippen LogP contribution in [0.15, 0.2) is 55.0 Å². The minimum Gasteiger partial charge on any atom is -0.379 e. The number of hydrogen-bond acceptors (Lipinski definition) is 8. The summed E-state index contributed by atoms with van der Waals surface area (Å²) in [4.78, 5) is 30.2. The third-order valence-electron chi connectivity index (χ3n) is 8.24. The third-order valence-corrected chi connectivity index (χ3v) is 8.24. The van der Waals surface area contributed by atoms with Crippen LogP contribution in [0.1, 0.15) is 50.8 Å². The van der Waals surface area contributed by atoms with Crippen LogP contribution in [0.3, 0.4) is 0 Å². The van der Waals surface area contributed by atoms with Crippen molar-refractivity contribution in [3.05, 3.63) is 66.1 Å². The van der Waals surface area contributed by atoms with Crippen molar-refractivity contribution in [2.75, 3.05) is 39.4 Å². The second kappa shape index (κ2) is 11.9. The van der Waals surface area contributed by atoms with Crippen molar-refractivity contribution in [2.45, 2.75) is 53.1 Å². The number of carbonyl (C=O) groups excluding carboxylic acids is 1. The van der Waals surface area contributed by atoms with Gasteiger partial charge in [0.25, 0.3) is 0 Å². The topological polar surface area (TPSA) is 85.6 Å². The van der Waals surface area contributed by atoms with Gasteiger partial charge in [-0.2, -0.15) is 5.10 Å². The Balaban J connectivity index is 1.18. The van der Waals surface area contributed by atoms with Gasteiger partial charge < -0.3 is 9.57 Å². The molecule has 6 rings (SSSR count). The summed E-state index contributed by atoms with van der Waals surface area (Å²) >= 11 is 0. The predicted octanol–water partition coefficient (Wildman–Crippen LogP) is 5.44. The Kier molecular flexibility index (Phi) is 8.07. The van der Waals surface area contributed by atoms with Gasteiger partial charge in [-0.1, -0.05) is 30.3 Å². The molecule has 9 heteroatoms. The molecule has 0 aliphatic carbocycles. The van der Waals surface area contributed by atoms with Crippen molar-refractivity contribution in [1.82, 2.24) is 29.7 Å². The number of carbonyl (C=O) groups is 1. The molecule has 4 heterocycles. The molecule has 2 aliphatic rings. The number of rotatable bonds is 6. The SMILES string of the molecule is Cc1cc(-c2cccc3ncc(-c4cnn(C5CCN(OC(=O)C(C)(C)C)CC5)c4)nc23)ccc1CN1CCOCC1. The monoisotopic (exact) mass is 568 g/mol. The number of hydrogen-bond donors (Lipinski definition) is 0. The Labute approximate surface area is 247 Å². The van der Waals surface area contributed by atoms with Gasteiger partial charge in [-0.15, -0.1) is 5.06 Å². The molecule has 2 aromatic heterocycles. The molecule has 0 spiro atoms. The molecule has 220 valence electrons. The highest BCUT2D eigenvalue weighted by atomic mass is 16.7. The number of para-hydroxylation sites is 1. The molecule has 2 aromatic carbocycles. The second-order valence-corrected chi connectivity index (χ2v) is 12.5. The number of aryl methyl sites for hydroxylation is 1. The van der Waals surface area contributed by atoms with Crippen molar-refractivity contribution < 1.29 is 14.4 Å². The van der Waals surface area contributed by atoms with E-state index in [0.29, 0.717) is 13.1 Å². The summed E-state index contributed by atoms with van der Waals surface area (Å²) in [5, 5.41) is 6.46. The summed E-state index contributed by atoms with van der Waals surface area (Å²) in [5.41, 5.74) is 7.83. The normalized spacial score (nSPS) is 17.5. The molecular weight excluding hydrogens is 528 g/mol. The molecule has 0 bridgehead atoms. The lowest BCUT2D eigenvalue weighted by Crippen LogP contribution is -2.39. The van der Waals surface area contributed by atoms with E-state index >= 15 is 0 Å². The summed E-state index contributed by atoms with van der Waals surface area (Å²) < 4.78 is 7.53. The van der Waals surface area contributed by atoms with E-state index in [2.05, 4.69) is 47.4 Å². The Hall–Kier alpha value is -3.66. The van der Waals surface area contributed by atoms with Crippen LogP contribution < -0.4 is 0 Å². The molecule has 0 amide bonds. The number of morpholine rings is 1. The lowest BCUT2D eigenvalue weighted by Gasteiger charge is -2.32. The van der Waals surface area contributed by atoms with E-state index in [9.17, 15) is 4.79 Å². The van der Waals surface area contributed by atoms with E-state index in [1.165, 1.54) is 11.1 Å². The van der Waals surface area contributed by atoms with Crippen molar-refractivity contribution in [2.24, 2.45) is 5.41 Å². The van der Waals surface area contributed by atoms with E-state index < -0.39 is 5.41 Å². The van der Waals surface area contributed by atoms with Gasteiger partial charge in [-0.05, 0) is 63.3 Å². The Morgan fingerprint density at radius 3 is 2.55 bits per heavy atom. The minimum atomic E-state index is -0.514. The van der Waals surface area contributed by atoms with Crippen LogP contribution in [-0.4, -0.2) is 75.1 Å². The molecule has 4 aromatic rings. The fourth-order valence-corrected chi connectivity index (χ4v) is 5.57. The van der Waals surface area contributed by atoms with Crippen LogP contribution in [0.5, 0.6) is 0 Å². The maximum atomic E-state index is 12.3. The molecule has 2 saturated heterocycles. The van der Waals surface area contributed by atoms with Gasteiger partial charge in [0.1, 0.15) is 0 Å². The maximum Gasteiger partial charge on any atom is 0.330 e. The van der Waals surface area contributed by atoms with Crippen LogP contribution in [-0.2, 0) is 20.9 Å². The van der Waals surface area contributed by atoms with Gasteiger partial charge in [0.2, 0.25) is 0 Å². The van der Waals surface area contributed by atoms with Gasteiger partial charge in [0, 0.05) is 50.0 Å². The Morgan fingerprint density at radius 1 is 1.02 bits per heavy atom. The zero-order valence-corrected chi connectivity index (χ0v) is 25.0. The first-order chi connectivity index (χ1) is 20.2. The van der Waals surface area contributed by atoms with Crippen molar-refractivity contribution in [3.8, 4) is 22.4 Å². The smallest absolute Gasteiger partial charge is 0.330 e. The molecule has 2 aliphatic heterocycles. The predicted molar refractivity (Wildman–Crippen MR) is 162 cm³/mol. The number of piperidine rings is 1. The molecule has 0 atom stereocenters. The molecule has 0 radical (unpaired) electrons. The minimum absolute atomic E-state index is 0.198. The van der Waals surface area contributed by atoms with Crippen molar-refractivity contribution in [3.63, 3.8) is 0 Å². The summed E-state index contributed by atoms with van der Waals surface area (Å²) in [7, 11) is 0. The van der Waals surface area contributed by atoms with Crippen LogP contribution in [0.2, 0.25) is 0 Å². The quantitative estimate of drug-likeness (QED) is 0.304. The molecule has 0 saturated carbocycles. The van der Waals surface area contributed by atoms with Crippen LogP contribution in [0, 0.1) is 12.3 Å². The number of fused-ring (bicyclic) bond motifs is 1. The Bertz CT molecular complexity index is 1560. The fourth-order valence-electron chi connectivity index (χ4n) is 5.57. The maximum absolute atomic E-state index is 12.3. The van der Waals surface area contributed by atoms with E-state index in [0.717, 1.165) is 79.1 Å². The number of aromatic nitrogens is 4. The molecule has 0 unspecified atom stereocenters. The second-order valence-electron chi connectivity index (χ2n) is 12.5. The average Bonchev–Trinajstić information content (AvgIpc) is 3.49. The zero-order valence-electron chi connectivity index (χ0n) is 25.0. The lowest BCUT2D eigenvalue weighted by atomic mass is 9.98. The van der Waals surface area contributed by atoms with Gasteiger partial charge in [0.15, 0.2) is 0 Å². The van der Waals surface area contributed by atoms with E-state index in [-0.39, 0.29) is 12.0 Å². The first-order valence-electron chi connectivity index (χ1n) is 14.9. The van der Waals surface area contributed by atoms with E-state index in [1.54, 1.807) is 5.06 Å². The van der Waals surface area contributed by atoms with Crippen molar-refractivity contribution in [1.29, 1.82) is 0 Å². The van der Waals surface area contributed by atoms with Crippen LogP contribution in [0.25, 0.3) is 33.4 Å². The molecule has 42 heavy (non-hydrogen) atoms. The van der Waals surface area contributed by atoms with E-state index in [1.807, 2.05) is 50.0 Å². The van der Waals surface area contributed by atoms with Gasteiger partial charge >= 0.3 is 5.97 Å². The average molecular weight is 569 g/mol. The standard InChI is InChI=1S/C33H40N6O3/c1-23-18-24(8-9-25(23)21-37-14-16-41-17-15-37)28-6-5-7-29-31(28)36-30(20-34-29)26-19-35-39(22-26)27-10-12-38(13-11-27)42-32(40)33(2,3)4/h5-9,18-20,22,27H,10-17,21H2,1-4H3. The largest absolute Gasteiger partial charge is 0.379 e. The summed E-state index contributed by atoms with van der Waals surface area (Å²) in [6.07, 6.45) is 7.47. The van der Waals surface area contributed by atoms with Gasteiger partial charge in [-0.25, -0.2) is 9.78 Å². The number of ether oxygens (including phenoxy) is 1.